The summed E-state index contributed by atoms with van der Waals surface area (Å²) >= 11 is 0. The van der Waals surface area contributed by atoms with Crippen LogP contribution >= 0.6 is 0 Å². The number of piperidine rings is 1. The van der Waals surface area contributed by atoms with Gasteiger partial charge in [-0.25, -0.2) is 4.98 Å². The highest BCUT2D eigenvalue weighted by Crippen LogP contribution is 2.30. The Kier molecular flexibility index (Phi) is 6.47. The van der Waals surface area contributed by atoms with E-state index in [1.807, 2.05) is 41.3 Å². The number of nitrogens with two attached hydrogens (primary N) is 1. The molecule has 8 heteroatoms. The van der Waals surface area contributed by atoms with Crippen molar-refractivity contribution >= 4 is 23.0 Å². The minimum atomic E-state index is -0.0879. The lowest BCUT2D eigenvalue weighted by molar-refractivity contribution is 0.573. The molecule has 0 radical (unpaired) electrons. The number of nitrogens with one attached hydrogen (secondary N) is 1. The molecule has 0 saturated carbocycles. The first-order valence-corrected chi connectivity index (χ1v) is 9.84. The molecule has 0 atom stereocenters. The minimum absolute atomic E-state index is 0.0117. The maximum Gasteiger partial charge on any atom is 0.170 e. The molecule has 0 spiro atoms. The van der Waals surface area contributed by atoms with Crippen LogP contribution in [0.15, 0.2) is 29.4 Å². The van der Waals surface area contributed by atoms with Gasteiger partial charge in [-0.15, -0.1) is 0 Å². The summed E-state index contributed by atoms with van der Waals surface area (Å²) in [6.07, 6.45) is 3.99. The number of nitrogen functional groups attached to an aromatic ring is 1. The zero-order valence-corrected chi connectivity index (χ0v) is 16.8. The van der Waals surface area contributed by atoms with Crippen LogP contribution in [0.3, 0.4) is 0 Å². The smallest absolute Gasteiger partial charge is 0.170 e. The van der Waals surface area contributed by atoms with E-state index in [4.69, 9.17) is 5.73 Å². The van der Waals surface area contributed by atoms with Gasteiger partial charge in [0.15, 0.2) is 5.71 Å². The van der Waals surface area contributed by atoms with Gasteiger partial charge in [0.1, 0.15) is 41.0 Å². The molecule has 0 bridgehead atoms. The molecule has 1 aliphatic heterocycles. The molecule has 8 nitrogen and oxygen atoms in total. The van der Waals surface area contributed by atoms with Gasteiger partial charge in [0.25, 0.3) is 0 Å². The third-order valence-electron chi connectivity index (χ3n) is 5.09. The Morgan fingerprint density at radius 1 is 1.10 bits per heavy atom. The number of nitrogens with zero attached hydrogens (tertiary/aromatic N) is 6. The molecule has 1 saturated heterocycles. The number of hydrogen-bond acceptors (Lipinski definition) is 8. The van der Waals surface area contributed by atoms with Crippen LogP contribution in [0.1, 0.15) is 48.4 Å². The van der Waals surface area contributed by atoms with Gasteiger partial charge in [0.2, 0.25) is 0 Å². The number of nitriles is 3. The fourth-order valence-corrected chi connectivity index (χ4v) is 3.45. The third kappa shape index (κ3) is 4.16. The number of benzene rings is 1. The Morgan fingerprint density at radius 3 is 2.33 bits per heavy atom. The maximum absolute atomic E-state index is 9.88. The van der Waals surface area contributed by atoms with Crippen LogP contribution < -0.4 is 16.1 Å². The molecule has 1 aromatic heterocycles. The summed E-state index contributed by atoms with van der Waals surface area (Å²) in [7, 11) is 0. The van der Waals surface area contributed by atoms with E-state index in [2.05, 4.69) is 28.5 Å². The van der Waals surface area contributed by atoms with Crippen molar-refractivity contribution in [3.05, 3.63) is 46.5 Å². The summed E-state index contributed by atoms with van der Waals surface area (Å²) in [6, 6.07) is 13.7. The van der Waals surface area contributed by atoms with Crippen LogP contribution in [0.25, 0.3) is 0 Å². The Hall–Kier alpha value is -4.09. The fraction of sp³-hybridized carbons (Fsp3) is 0.318. The molecule has 1 aromatic carbocycles. The van der Waals surface area contributed by atoms with Crippen molar-refractivity contribution in [1.29, 1.82) is 15.8 Å². The van der Waals surface area contributed by atoms with E-state index < -0.39 is 0 Å². The van der Waals surface area contributed by atoms with Gasteiger partial charge in [-0.1, -0.05) is 19.1 Å². The van der Waals surface area contributed by atoms with Crippen molar-refractivity contribution in [2.45, 2.75) is 32.6 Å². The lowest BCUT2D eigenvalue weighted by Crippen LogP contribution is -2.32. The molecule has 1 fully saturated rings. The molecule has 2 aromatic rings. The Morgan fingerprint density at radius 2 is 1.77 bits per heavy atom. The van der Waals surface area contributed by atoms with Gasteiger partial charge in [-0.2, -0.15) is 20.9 Å². The monoisotopic (exact) mass is 398 g/mol. The van der Waals surface area contributed by atoms with Crippen molar-refractivity contribution in [2.24, 2.45) is 5.10 Å². The van der Waals surface area contributed by atoms with Crippen molar-refractivity contribution in [1.82, 2.24) is 4.98 Å². The standard InChI is InChI=1S/C22H22N8/c1-2-15-6-8-16(9-7-15)28-29-19(14-25)20-17(12-23)21(26)27-22(18(20)13-24)30-10-4-3-5-11-30/h6-9,28H,2-5,10-11H2,1H3,(H2,26,27). The van der Waals surface area contributed by atoms with E-state index in [1.165, 1.54) is 5.56 Å². The van der Waals surface area contributed by atoms with Crippen LogP contribution in [0.4, 0.5) is 17.3 Å². The van der Waals surface area contributed by atoms with E-state index in [0.717, 1.165) is 38.8 Å². The second kappa shape index (κ2) is 9.41. The van der Waals surface area contributed by atoms with Crippen LogP contribution in [-0.2, 0) is 6.42 Å². The molecule has 1 aliphatic rings. The number of pyridine rings is 1. The quantitative estimate of drug-likeness (QED) is 0.582. The highest BCUT2D eigenvalue weighted by Gasteiger charge is 2.26. The Labute approximate surface area is 175 Å². The van der Waals surface area contributed by atoms with E-state index in [-0.39, 0.29) is 28.2 Å². The molecule has 3 N–H and O–H groups in total. The minimum Gasteiger partial charge on any atom is -0.383 e. The molecular formula is C22H22N8. The Balaban J connectivity index is 2.08. The molecule has 0 unspecified atom stereocenters. The molecular weight excluding hydrogens is 376 g/mol. The summed E-state index contributed by atoms with van der Waals surface area (Å²) < 4.78 is 0. The largest absolute Gasteiger partial charge is 0.383 e. The number of hydrogen-bond donors (Lipinski definition) is 2. The summed E-state index contributed by atoms with van der Waals surface area (Å²) in [6.45, 7) is 3.55. The molecule has 2 heterocycles. The lowest BCUT2D eigenvalue weighted by atomic mass is 9.98. The fourth-order valence-electron chi connectivity index (χ4n) is 3.45. The van der Waals surface area contributed by atoms with E-state index in [1.54, 1.807) is 0 Å². The van der Waals surface area contributed by atoms with Gasteiger partial charge >= 0.3 is 0 Å². The van der Waals surface area contributed by atoms with Crippen molar-refractivity contribution in [2.75, 3.05) is 29.1 Å². The van der Waals surface area contributed by atoms with Gasteiger partial charge in [-0.3, -0.25) is 5.43 Å². The second-order valence-electron chi connectivity index (χ2n) is 6.95. The van der Waals surface area contributed by atoms with Gasteiger partial charge in [-0.05, 0) is 43.4 Å². The predicted octanol–water partition coefficient (Wildman–Crippen LogP) is 3.30. The summed E-state index contributed by atoms with van der Waals surface area (Å²) in [5.74, 6) is 0.390. The van der Waals surface area contributed by atoms with Crippen LogP contribution in [0.2, 0.25) is 0 Å². The number of rotatable bonds is 5. The van der Waals surface area contributed by atoms with E-state index in [0.29, 0.717) is 11.5 Å². The Bertz CT molecular complexity index is 1070. The van der Waals surface area contributed by atoms with Gasteiger partial charge in [0, 0.05) is 13.1 Å². The first kappa shape index (κ1) is 20.6. The predicted molar refractivity (Wildman–Crippen MR) is 116 cm³/mol. The molecule has 30 heavy (non-hydrogen) atoms. The summed E-state index contributed by atoms with van der Waals surface area (Å²) in [4.78, 5) is 6.31. The normalized spacial score (nSPS) is 13.8. The first-order chi connectivity index (χ1) is 14.6. The summed E-state index contributed by atoms with van der Waals surface area (Å²) in [5.41, 5.74) is 10.9. The highest BCUT2D eigenvalue weighted by molar-refractivity contribution is 6.16. The molecule has 0 aliphatic carbocycles. The number of hydrazone groups is 1. The molecule has 0 amide bonds. The van der Waals surface area contributed by atoms with Crippen LogP contribution in [0, 0.1) is 34.0 Å². The SMILES string of the molecule is CCc1ccc(NN=C(C#N)c2c(C#N)c(N)nc(N3CCCCC3)c2C#N)cc1. The average molecular weight is 398 g/mol. The van der Waals surface area contributed by atoms with Crippen LogP contribution in [-0.4, -0.2) is 23.8 Å². The molecule has 150 valence electrons. The van der Waals surface area contributed by atoms with Crippen LogP contribution in [0.5, 0.6) is 0 Å². The first-order valence-electron chi connectivity index (χ1n) is 9.84. The lowest BCUT2D eigenvalue weighted by Gasteiger charge is -2.29. The van der Waals surface area contributed by atoms with Crippen molar-refractivity contribution < 1.29 is 0 Å². The van der Waals surface area contributed by atoms with Gasteiger partial charge in [0.05, 0.1) is 11.3 Å². The van der Waals surface area contributed by atoms with Crippen molar-refractivity contribution in [3.63, 3.8) is 0 Å². The zero-order chi connectivity index (χ0) is 21.5. The van der Waals surface area contributed by atoms with Crippen molar-refractivity contribution in [3.8, 4) is 18.2 Å². The third-order valence-corrected chi connectivity index (χ3v) is 5.09. The average Bonchev–Trinajstić information content (AvgIpc) is 2.80. The number of anilines is 3. The second-order valence-corrected chi connectivity index (χ2v) is 6.95. The highest BCUT2D eigenvalue weighted by atomic mass is 15.3. The van der Waals surface area contributed by atoms with E-state index >= 15 is 0 Å². The van der Waals surface area contributed by atoms with E-state index in [9.17, 15) is 15.8 Å². The zero-order valence-electron chi connectivity index (χ0n) is 16.8. The summed E-state index contributed by atoms with van der Waals surface area (Å²) in [5, 5.41) is 33.4. The number of aryl methyl sites for hydroxylation is 1. The maximum atomic E-state index is 9.88. The molecule has 3 rings (SSSR count). The number of aromatic nitrogens is 1. The topological polar surface area (TPSA) is 138 Å². The van der Waals surface area contributed by atoms with Gasteiger partial charge < -0.3 is 10.6 Å².